The lowest BCUT2D eigenvalue weighted by Gasteiger charge is -2.31. The van der Waals surface area contributed by atoms with Gasteiger partial charge < -0.3 is 9.64 Å². The third kappa shape index (κ3) is 2.31. The molecule has 1 amide bonds. The van der Waals surface area contributed by atoms with E-state index in [1.165, 1.54) is 0 Å². The summed E-state index contributed by atoms with van der Waals surface area (Å²) in [5.41, 5.74) is 0. The predicted octanol–water partition coefficient (Wildman–Crippen LogP) is 1.77. The fourth-order valence-corrected chi connectivity index (χ4v) is 4.00. The van der Waals surface area contributed by atoms with Crippen molar-refractivity contribution in [2.75, 3.05) is 13.2 Å². The molecule has 3 rings (SSSR count). The number of carbonyl (C=O) groups excluding carboxylic acids is 2. The van der Waals surface area contributed by atoms with E-state index in [9.17, 15) is 9.59 Å². The normalized spacial score (nSPS) is 39.2. The molecule has 0 aromatic rings. The molecular formula is C15H23NO3. The lowest BCUT2D eigenvalue weighted by molar-refractivity contribution is -0.139. The van der Waals surface area contributed by atoms with E-state index in [2.05, 4.69) is 0 Å². The van der Waals surface area contributed by atoms with Crippen molar-refractivity contribution in [2.45, 2.75) is 57.6 Å². The summed E-state index contributed by atoms with van der Waals surface area (Å²) in [6, 6.07) is 0.176. The smallest absolute Gasteiger partial charge is 0.228 e. The number of rotatable bonds is 2. The Kier molecular flexibility index (Phi) is 3.61. The summed E-state index contributed by atoms with van der Waals surface area (Å²) in [7, 11) is 0. The van der Waals surface area contributed by atoms with Crippen LogP contribution in [0.1, 0.15) is 45.4 Å². The highest BCUT2D eigenvalue weighted by Gasteiger charge is 2.43. The molecule has 0 spiro atoms. The second-order valence-corrected chi connectivity index (χ2v) is 6.18. The Labute approximate surface area is 114 Å². The first-order chi connectivity index (χ1) is 9.18. The molecular weight excluding hydrogens is 242 g/mol. The summed E-state index contributed by atoms with van der Waals surface area (Å²) in [4.78, 5) is 26.6. The monoisotopic (exact) mass is 265 g/mol. The molecule has 0 aromatic carbocycles. The van der Waals surface area contributed by atoms with Crippen LogP contribution in [-0.4, -0.2) is 41.9 Å². The average Bonchev–Trinajstić information content (AvgIpc) is 3.07. The third-order valence-electron chi connectivity index (χ3n) is 5.09. The maximum atomic E-state index is 12.7. The van der Waals surface area contributed by atoms with Crippen LogP contribution in [0.3, 0.4) is 0 Å². The van der Waals surface area contributed by atoms with Gasteiger partial charge in [0.25, 0.3) is 0 Å². The van der Waals surface area contributed by atoms with Crippen LogP contribution >= 0.6 is 0 Å². The number of ketones is 1. The molecule has 3 fully saturated rings. The Balaban J connectivity index is 1.72. The molecule has 4 heteroatoms. The van der Waals surface area contributed by atoms with Gasteiger partial charge in [0.2, 0.25) is 5.91 Å². The van der Waals surface area contributed by atoms with Crippen LogP contribution in [0.25, 0.3) is 0 Å². The van der Waals surface area contributed by atoms with Gasteiger partial charge in [0.05, 0.1) is 12.0 Å². The fourth-order valence-electron chi connectivity index (χ4n) is 4.00. The number of ether oxygens (including phenoxy) is 1. The van der Waals surface area contributed by atoms with Crippen LogP contribution in [0, 0.1) is 11.8 Å². The highest BCUT2D eigenvalue weighted by molar-refractivity contribution is 5.85. The van der Waals surface area contributed by atoms with Crippen LogP contribution in [0.4, 0.5) is 0 Å². The van der Waals surface area contributed by atoms with E-state index in [1.807, 2.05) is 11.8 Å². The zero-order chi connectivity index (χ0) is 13.4. The molecule has 1 saturated carbocycles. The second-order valence-electron chi connectivity index (χ2n) is 6.18. The summed E-state index contributed by atoms with van der Waals surface area (Å²) in [6.45, 7) is 3.51. The van der Waals surface area contributed by atoms with Gasteiger partial charge in [-0.15, -0.1) is 0 Å². The highest BCUT2D eigenvalue weighted by atomic mass is 16.5. The molecule has 4 nitrogen and oxygen atoms in total. The first-order valence-corrected chi connectivity index (χ1v) is 7.63. The Morgan fingerprint density at radius 3 is 2.74 bits per heavy atom. The van der Waals surface area contributed by atoms with Crippen molar-refractivity contribution in [1.82, 2.24) is 4.90 Å². The third-order valence-corrected chi connectivity index (χ3v) is 5.09. The Morgan fingerprint density at radius 2 is 2.11 bits per heavy atom. The molecule has 2 heterocycles. The standard InChI is InChI=1S/C15H23NO3/c1-10-11(7-9-19-10)15(18)16-8-3-5-13(16)12-4-2-6-14(12)17/h10-13H,2-9H2,1H3. The molecule has 106 valence electrons. The van der Waals surface area contributed by atoms with Crippen molar-refractivity contribution in [2.24, 2.45) is 11.8 Å². The molecule has 0 radical (unpaired) electrons. The number of Topliss-reactive ketones (excluding diaryl/α,β-unsaturated/α-hetero) is 1. The lowest BCUT2D eigenvalue weighted by Crippen LogP contribution is -2.45. The number of hydrogen-bond donors (Lipinski definition) is 0. The van der Waals surface area contributed by atoms with Crippen LogP contribution < -0.4 is 0 Å². The zero-order valence-corrected chi connectivity index (χ0v) is 11.6. The summed E-state index contributed by atoms with van der Waals surface area (Å²) in [5.74, 6) is 0.730. The van der Waals surface area contributed by atoms with Gasteiger partial charge in [0, 0.05) is 31.5 Å². The summed E-state index contributed by atoms with van der Waals surface area (Å²) in [5, 5.41) is 0. The Bertz CT molecular complexity index is 382. The fraction of sp³-hybridized carbons (Fsp3) is 0.867. The topological polar surface area (TPSA) is 46.6 Å². The zero-order valence-electron chi connectivity index (χ0n) is 11.6. The van der Waals surface area contributed by atoms with Gasteiger partial charge in [0.1, 0.15) is 5.78 Å². The second kappa shape index (κ2) is 5.23. The van der Waals surface area contributed by atoms with Crippen LogP contribution in [-0.2, 0) is 14.3 Å². The molecule has 0 aromatic heterocycles. The largest absolute Gasteiger partial charge is 0.378 e. The average molecular weight is 265 g/mol. The number of likely N-dealkylation sites (tertiary alicyclic amines) is 1. The van der Waals surface area contributed by atoms with Gasteiger partial charge in [-0.1, -0.05) is 0 Å². The minimum Gasteiger partial charge on any atom is -0.378 e. The number of hydrogen-bond acceptors (Lipinski definition) is 3. The molecule has 0 N–H and O–H groups in total. The highest BCUT2D eigenvalue weighted by Crippen LogP contribution is 2.35. The number of carbonyl (C=O) groups is 2. The van der Waals surface area contributed by atoms with E-state index >= 15 is 0 Å². The Morgan fingerprint density at radius 1 is 1.26 bits per heavy atom. The lowest BCUT2D eigenvalue weighted by atomic mass is 9.93. The molecule has 3 aliphatic rings. The van der Waals surface area contributed by atoms with Crippen LogP contribution in [0.5, 0.6) is 0 Å². The first-order valence-electron chi connectivity index (χ1n) is 7.63. The van der Waals surface area contributed by atoms with Gasteiger partial charge in [-0.25, -0.2) is 0 Å². The van der Waals surface area contributed by atoms with Crippen molar-refractivity contribution in [3.8, 4) is 0 Å². The van der Waals surface area contributed by atoms with E-state index in [-0.39, 0.29) is 29.9 Å². The summed E-state index contributed by atoms with van der Waals surface area (Å²) in [6.07, 6.45) is 5.61. The van der Waals surface area contributed by atoms with Crippen molar-refractivity contribution in [3.63, 3.8) is 0 Å². The molecule has 1 aliphatic carbocycles. The van der Waals surface area contributed by atoms with E-state index in [4.69, 9.17) is 4.74 Å². The quantitative estimate of drug-likeness (QED) is 0.764. The predicted molar refractivity (Wildman–Crippen MR) is 70.6 cm³/mol. The maximum Gasteiger partial charge on any atom is 0.228 e. The summed E-state index contributed by atoms with van der Waals surface area (Å²) >= 11 is 0. The molecule has 0 bridgehead atoms. The van der Waals surface area contributed by atoms with E-state index in [0.717, 1.165) is 38.6 Å². The summed E-state index contributed by atoms with van der Waals surface area (Å²) < 4.78 is 5.51. The number of nitrogens with zero attached hydrogens (tertiary/aromatic N) is 1. The van der Waals surface area contributed by atoms with Crippen molar-refractivity contribution in [3.05, 3.63) is 0 Å². The van der Waals surface area contributed by atoms with Crippen molar-refractivity contribution in [1.29, 1.82) is 0 Å². The van der Waals surface area contributed by atoms with Gasteiger partial charge in [0.15, 0.2) is 0 Å². The van der Waals surface area contributed by atoms with E-state index in [0.29, 0.717) is 18.8 Å². The first kappa shape index (κ1) is 13.1. The number of amides is 1. The minimum atomic E-state index is 0.0112. The van der Waals surface area contributed by atoms with Gasteiger partial charge in [-0.2, -0.15) is 0 Å². The van der Waals surface area contributed by atoms with Crippen molar-refractivity contribution >= 4 is 11.7 Å². The molecule has 4 unspecified atom stereocenters. The SMILES string of the molecule is CC1OCCC1C(=O)N1CCCC1C1CCCC1=O. The molecule has 2 aliphatic heterocycles. The van der Waals surface area contributed by atoms with Crippen molar-refractivity contribution < 1.29 is 14.3 Å². The molecule has 2 saturated heterocycles. The maximum absolute atomic E-state index is 12.7. The van der Waals surface area contributed by atoms with Crippen LogP contribution in [0.2, 0.25) is 0 Å². The van der Waals surface area contributed by atoms with Crippen LogP contribution in [0.15, 0.2) is 0 Å². The minimum absolute atomic E-state index is 0.0112. The van der Waals surface area contributed by atoms with Gasteiger partial charge >= 0.3 is 0 Å². The van der Waals surface area contributed by atoms with Gasteiger partial charge in [-0.05, 0) is 39.0 Å². The van der Waals surface area contributed by atoms with E-state index < -0.39 is 0 Å². The molecule has 19 heavy (non-hydrogen) atoms. The van der Waals surface area contributed by atoms with E-state index in [1.54, 1.807) is 0 Å². The molecule has 4 atom stereocenters. The van der Waals surface area contributed by atoms with Gasteiger partial charge in [-0.3, -0.25) is 9.59 Å². The Hall–Kier alpha value is -0.900.